The molecular formula is C30H60N2. The second kappa shape index (κ2) is 20.7. The number of likely N-dealkylation sites (N-methyl/N-ethyl adjacent to an activating group) is 2. The first kappa shape index (κ1) is 33.3. The van der Waals surface area contributed by atoms with Crippen molar-refractivity contribution in [1.29, 1.82) is 0 Å². The summed E-state index contributed by atoms with van der Waals surface area (Å²) in [6.45, 7) is 33.6. The zero-order chi connectivity index (χ0) is 25.0. The number of allylic oxidation sites excluding steroid dienone is 4. The van der Waals surface area contributed by atoms with E-state index in [2.05, 4.69) is 63.7 Å². The van der Waals surface area contributed by atoms with E-state index in [1.807, 2.05) is 39.8 Å². The number of nitrogens with zero attached hydrogens (tertiary/aromatic N) is 2. The molecule has 1 aliphatic rings. The molecular weight excluding hydrogens is 388 g/mol. The third kappa shape index (κ3) is 13.6. The van der Waals surface area contributed by atoms with Gasteiger partial charge in [0.05, 0.1) is 0 Å². The first-order valence-corrected chi connectivity index (χ1v) is 13.8. The summed E-state index contributed by atoms with van der Waals surface area (Å²) in [5, 5.41) is 0. The predicted molar refractivity (Wildman–Crippen MR) is 150 cm³/mol. The van der Waals surface area contributed by atoms with Gasteiger partial charge in [0.15, 0.2) is 0 Å². The van der Waals surface area contributed by atoms with Crippen LogP contribution in [0.1, 0.15) is 107 Å². The van der Waals surface area contributed by atoms with Gasteiger partial charge in [-0.15, -0.1) is 0 Å². The first-order valence-electron chi connectivity index (χ1n) is 13.8. The molecule has 0 spiro atoms. The Balaban J connectivity index is 0. The molecule has 0 bridgehead atoms. The van der Waals surface area contributed by atoms with Gasteiger partial charge in [-0.25, -0.2) is 0 Å². The molecule has 1 aliphatic carbocycles. The van der Waals surface area contributed by atoms with Gasteiger partial charge in [0.25, 0.3) is 0 Å². The monoisotopic (exact) mass is 448 g/mol. The van der Waals surface area contributed by atoms with Crippen molar-refractivity contribution >= 4 is 0 Å². The van der Waals surface area contributed by atoms with Crippen LogP contribution in [0.5, 0.6) is 0 Å². The van der Waals surface area contributed by atoms with Crippen molar-refractivity contribution in [2.75, 3.05) is 32.7 Å². The minimum Gasteiger partial charge on any atom is -0.302 e. The molecule has 0 aromatic heterocycles. The van der Waals surface area contributed by atoms with Gasteiger partial charge in [-0.05, 0) is 62.1 Å². The highest BCUT2D eigenvalue weighted by Gasteiger charge is 2.23. The van der Waals surface area contributed by atoms with E-state index in [0.717, 1.165) is 12.6 Å². The molecule has 0 atom stereocenters. The third-order valence-corrected chi connectivity index (χ3v) is 6.88. The minimum atomic E-state index is 0.421. The number of hydrogen-bond donors (Lipinski definition) is 0. The molecule has 0 saturated heterocycles. The molecule has 2 heteroatoms. The van der Waals surface area contributed by atoms with Crippen LogP contribution in [0.2, 0.25) is 0 Å². The maximum Gasteiger partial charge on any atom is 0.0112 e. The van der Waals surface area contributed by atoms with Crippen LogP contribution in [0.3, 0.4) is 0 Å². The highest BCUT2D eigenvalue weighted by Crippen LogP contribution is 2.30. The van der Waals surface area contributed by atoms with E-state index in [-0.39, 0.29) is 0 Å². The van der Waals surface area contributed by atoms with Crippen molar-refractivity contribution < 1.29 is 0 Å². The SMILES string of the molecule is C=C/C=C(\C=C)C1CCCC(N(CC)CCN(CC)CC(C)(C)CC)CCC1.CC.CC. The smallest absolute Gasteiger partial charge is 0.0112 e. The lowest BCUT2D eigenvalue weighted by Gasteiger charge is -2.36. The van der Waals surface area contributed by atoms with E-state index in [4.69, 9.17) is 0 Å². The van der Waals surface area contributed by atoms with E-state index in [0.29, 0.717) is 11.3 Å². The molecule has 1 rings (SSSR count). The summed E-state index contributed by atoms with van der Waals surface area (Å²) in [6.07, 6.45) is 15.3. The van der Waals surface area contributed by atoms with E-state index in [1.54, 1.807) is 0 Å². The fraction of sp³-hybridized carbons (Fsp3) is 0.800. The van der Waals surface area contributed by atoms with Crippen molar-refractivity contribution in [2.45, 2.75) is 113 Å². The topological polar surface area (TPSA) is 6.48 Å². The number of rotatable bonds is 12. The molecule has 2 nitrogen and oxygen atoms in total. The van der Waals surface area contributed by atoms with E-state index in [1.165, 1.54) is 76.7 Å². The molecule has 0 amide bonds. The highest BCUT2D eigenvalue weighted by atomic mass is 15.2. The Kier molecular flexibility index (Phi) is 21.6. The van der Waals surface area contributed by atoms with Crippen LogP contribution >= 0.6 is 0 Å². The molecule has 0 radical (unpaired) electrons. The molecule has 0 N–H and O–H groups in total. The van der Waals surface area contributed by atoms with E-state index >= 15 is 0 Å². The third-order valence-electron chi connectivity index (χ3n) is 6.88. The van der Waals surface area contributed by atoms with Crippen molar-refractivity contribution in [1.82, 2.24) is 9.80 Å². The fourth-order valence-corrected chi connectivity index (χ4v) is 4.63. The van der Waals surface area contributed by atoms with Crippen molar-refractivity contribution in [3.05, 3.63) is 37.0 Å². The number of hydrogen-bond acceptors (Lipinski definition) is 2. The van der Waals surface area contributed by atoms with E-state index < -0.39 is 0 Å². The van der Waals surface area contributed by atoms with Crippen LogP contribution in [0.15, 0.2) is 37.0 Å². The second-order valence-corrected chi connectivity index (χ2v) is 9.33. The molecule has 190 valence electrons. The molecule has 1 saturated carbocycles. The zero-order valence-electron chi connectivity index (χ0n) is 23.7. The summed E-state index contributed by atoms with van der Waals surface area (Å²) in [5.41, 5.74) is 1.81. The van der Waals surface area contributed by atoms with Gasteiger partial charge in [-0.1, -0.05) is 107 Å². The summed E-state index contributed by atoms with van der Waals surface area (Å²) in [5.74, 6) is 0.679. The van der Waals surface area contributed by atoms with Gasteiger partial charge in [-0.2, -0.15) is 0 Å². The highest BCUT2D eigenvalue weighted by molar-refractivity contribution is 5.24. The fourth-order valence-electron chi connectivity index (χ4n) is 4.63. The lowest BCUT2D eigenvalue weighted by Crippen LogP contribution is -2.43. The average Bonchev–Trinajstić information content (AvgIpc) is 2.80. The summed E-state index contributed by atoms with van der Waals surface area (Å²) in [6, 6.07) is 0.763. The minimum absolute atomic E-state index is 0.421. The largest absolute Gasteiger partial charge is 0.302 e. The Morgan fingerprint density at radius 1 is 0.875 bits per heavy atom. The molecule has 0 aromatic rings. The Labute approximate surface area is 204 Å². The van der Waals surface area contributed by atoms with Gasteiger partial charge >= 0.3 is 0 Å². The van der Waals surface area contributed by atoms with Crippen LogP contribution in [-0.2, 0) is 0 Å². The maximum atomic E-state index is 4.02. The van der Waals surface area contributed by atoms with Gasteiger partial charge in [0.1, 0.15) is 0 Å². The molecule has 0 heterocycles. The van der Waals surface area contributed by atoms with Crippen LogP contribution in [0, 0.1) is 11.3 Å². The molecule has 0 aromatic carbocycles. The Morgan fingerprint density at radius 2 is 1.44 bits per heavy atom. The van der Waals surface area contributed by atoms with Gasteiger partial charge in [0.2, 0.25) is 0 Å². The standard InChI is InChI=1S/C26H48N2.2C2H6/c1-8-15-23(9-2)24-16-13-18-25(19-14-17-24)28(12-5)21-20-27(11-4)22-26(6,7)10-3;2*1-2/h8-9,15,24-25H,1-2,10-14,16-22H2,3-7H3;2*1-2H3/b23-15+;;. The Hall–Kier alpha value is -0.860. The van der Waals surface area contributed by atoms with Crippen molar-refractivity contribution in [2.24, 2.45) is 11.3 Å². The first-order chi connectivity index (χ1) is 15.4. The van der Waals surface area contributed by atoms with Gasteiger partial charge in [-0.3, -0.25) is 4.90 Å². The maximum absolute atomic E-state index is 4.02. The van der Waals surface area contributed by atoms with Crippen LogP contribution in [0.4, 0.5) is 0 Å². The van der Waals surface area contributed by atoms with Crippen molar-refractivity contribution in [3.63, 3.8) is 0 Å². The predicted octanol–water partition coefficient (Wildman–Crippen LogP) is 8.76. The van der Waals surface area contributed by atoms with Gasteiger partial charge in [0, 0.05) is 25.7 Å². The summed E-state index contributed by atoms with van der Waals surface area (Å²) < 4.78 is 0. The van der Waals surface area contributed by atoms with Gasteiger partial charge < -0.3 is 4.90 Å². The summed E-state index contributed by atoms with van der Waals surface area (Å²) in [4.78, 5) is 5.41. The Bertz CT molecular complexity index is 467. The molecule has 32 heavy (non-hydrogen) atoms. The molecule has 0 unspecified atom stereocenters. The average molecular weight is 449 g/mol. The summed E-state index contributed by atoms with van der Waals surface area (Å²) in [7, 11) is 0. The second-order valence-electron chi connectivity index (χ2n) is 9.33. The lowest BCUT2D eigenvalue weighted by atomic mass is 9.83. The van der Waals surface area contributed by atoms with Crippen molar-refractivity contribution in [3.8, 4) is 0 Å². The van der Waals surface area contributed by atoms with Crippen LogP contribution in [-0.4, -0.2) is 48.6 Å². The van der Waals surface area contributed by atoms with E-state index in [9.17, 15) is 0 Å². The Morgan fingerprint density at radius 3 is 1.84 bits per heavy atom. The van der Waals surface area contributed by atoms with Crippen LogP contribution in [0.25, 0.3) is 0 Å². The normalized spacial score (nSPS) is 19.8. The summed E-state index contributed by atoms with van der Waals surface area (Å²) >= 11 is 0. The lowest BCUT2D eigenvalue weighted by molar-refractivity contribution is 0.123. The van der Waals surface area contributed by atoms with Crippen LogP contribution < -0.4 is 0 Å². The molecule has 0 aliphatic heterocycles. The quantitative estimate of drug-likeness (QED) is 0.275. The zero-order valence-corrected chi connectivity index (χ0v) is 23.7. The molecule has 1 fully saturated rings.